The zero-order valence-electron chi connectivity index (χ0n) is 12.7. The monoisotopic (exact) mass is 321 g/mol. The molecule has 1 amide bonds. The number of amides is 1. The molecule has 1 heterocycles. The summed E-state index contributed by atoms with van der Waals surface area (Å²) in [5.41, 5.74) is 1.44. The van der Waals surface area contributed by atoms with Gasteiger partial charge in [-0.05, 0) is 37.7 Å². The van der Waals surface area contributed by atoms with Gasteiger partial charge in [-0.3, -0.25) is 4.79 Å². The normalized spacial score (nSPS) is 12.1. The summed E-state index contributed by atoms with van der Waals surface area (Å²) in [6.45, 7) is 5.53. The van der Waals surface area contributed by atoms with Crippen LogP contribution in [0.2, 0.25) is 5.02 Å². The predicted molar refractivity (Wildman–Crippen MR) is 86.8 cm³/mol. The number of benzene rings is 1. The maximum atomic E-state index is 11.9. The van der Waals surface area contributed by atoms with Gasteiger partial charge in [-0.15, -0.1) is 0 Å². The smallest absolute Gasteiger partial charge is 0.226 e. The molecule has 2 aromatic rings. The fourth-order valence-electron chi connectivity index (χ4n) is 2.03. The van der Waals surface area contributed by atoms with E-state index in [1.54, 1.807) is 12.1 Å². The molecular formula is C16H20ClN3O2. The average molecular weight is 322 g/mol. The van der Waals surface area contributed by atoms with Gasteiger partial charge in [0.2, 0.25) is 11.8 Å². The summed E-state index contributed by atoms with van der Waals surface area (Å²) in [6.07, 6.45) is 1.72. The summed E-state index contributed by atoms with van der Waals surface area (Å²) >= 11 is 5.85. The second-order valence-electron chi connectivity index (χ2n) is 5.09. The first-order valence-corrected chi connectivity index (χ1v) is 7.66. The van der Waals surface area contributed by atoms with Crippen molar-refractivity contribution in [2.24, 2.45) is 0 Å². The molecule has 0 aliphatic heterocycles. The molecule has 118 valence electrons. The number of nitrogens with one attached hydrogen (secondary N) is 2. The van der Waals surface area contributed by atoms with Crippen LogP contribution in [0, 0.1) is 0 Å². The van der Waals surface area contributed by atoms with Gasteiger partial charge in [0.05, 0.1) is 12.1 Å². The van der Waals surface area contributed by atoms with E-state index >= 15 is 0 Å². The van der Waals surface area contributed by atoms with Crippen molar-refractivity contribution >= 4 is 17.5 Å². The second kappa shape index (κ2) is 7.96. The largest absolute Gasteiger partial charge is 0.444 e. The summed E-state index contributed by atoms with van der Waals surface area (Å²) < 4.78 is 5.41. The fourth-order valence-corrected chi connectivity index (χ4v) is 2.15. The molecule has 2 rings (SSSR count). The third-order valence-corrected chi connectivity index (χ3v) is 3.39. The SMILES string of the molecule is CCN[C@H](C)CNC(=O)Cc1coc(-c2ccc(Cl)cc2)n1. The first-order chi connectivity index (χ1) is 10.6. The molecule has 1 aromatic heterocycles. The number of carbonyl (C=O) groups excluding carboxylic acids is 1. The van der Waals surface area contributed by atoms with Crippen molar-refractivity contribution in [3.05, 3.63) is 41.2 Å². The van der Waals surface area contributed by atoms with Crippen molar-refractivity contribution in [1.82, 2.24) is 15.6 Å². The maximum Gasteiger partial charge on any atom is 0.226 e. The van der Waals surface area contributed by atoms with E-state index in [0.29, 0.717) is 23.2 Å². The van der Waals surface area contributed by atoms with E-state index in [-0.39, 0.29) is 18.4 Å². The zero-order chi connectivity index (χ0) is 15.9. The van der Waals surface area contributed by atoms with E-state index in [2.05, 4.69) is 15.6 Å². The molecule has 0 aliphatic rings. The number of carbonyl (C=O) groups is 1. The molecule has 0 spiro atoms. The van der Waals surface area contributed by atoms with Gasteiger partial charge in [0.25, 0.3) is 0 Å². The highest BCUT2D eigenvalue weighted by Crippen LogP contribution is 2.20. The van der Waals surface area contributed by atoms with Crippen LogP contribution < -0.4 is 10.6 Å². The van der Waals surface area contributed by atoms with Crippen LogP contribution in [0.4, 0.5) is 0 Å². The van der Waals surface area contributed by atoms with Gasteiger partial charge in [-0.25, -0.2) is 4.98 Å². The summed E-state index contributed by atoms with van der Waals surface area (Å²) in [6, 6.07) is 7.45. The third kappa shape index (κ3) is 4.86. The number of rotatable bonds is 7. The summed E-state index contributed by atoms with van der Waals surface area (Å²) in [5, 5.41) is 6.76. The first kappa shape index (κ1) is 16.5. The standard InChI is InChI=1S/C16H20ClN3O2/c1-3-18-11(2)9-19-15(21)8-14-10-22-16(20-14)12-4-6-13(17)7-5-12/h4-7,10-11,18H,3,8-9H2,1-2H3,(H,19,21)/t11-/m1/s1. The van der Waals surface area contributed by atoms with Crippen LogP contribution in [-0.4, -0.2) is 30.0 Å². The van der Waals surface area contributed by atoms with Gasteiger partial charge in [0.1, 0.15) is 6.26 Å². The molecule has 0 radical (unpaired) electrons. The number of halogens is 1. The molecule has 0 saturated heterocycles. The van der Waals surface area contributed by atoms with Gasteiger partial charge in [-0.2, -0.15) is 0 Å². The Balaban J connectivity index is 1.89. The van der Waals surface area contributed by atoms with Crippen LogP contribution in [0.3, 0.4) is 0 Å². The number of hydrogen-bond donors (Lipinski definition) is 2. The van der Waals surface area contributed by atoms with Gasteiger partial charge in [-0.1, -0.05) is 18.5 Å². The molecule has 1 aromatic carbocycles. The van der Waals surface area contributed by atoms with Crippen LogP contribution in [0.25, 0.3) is 11.5 Å². The summed E-state index contributed by atoms with van der Waals surface area (Å²) in [5.74, 6) is 0.418. The van der Waals surface area contributed by atoms with Crippen molar-refractivity contribution in [1.29, 1.82) is 0 Å². The molecule has 1 atom stereocenters. The van der Waals surface area contributed by atoms with Crippen molar-refractivity contribution in [2.45, 2.75) is 26.3 Å². The highest BCUT2D eigenvalue weighted by atomic mass is 35.5. The van der Waals surface area contributed by atoms with Gasteiger partial charge in [0, 0.05) is 23.2 Å². The van der Waals surface area contributed by atoms with Gasteiger partial charge in [0.15, 0.2) is 0 Å². The fraction of sp³-hybridized carbons (Fsp3) is 0.375. The van der Waals surface area contributed by atoms with Crippen molar-refractivity contribution in [3.63, 3.8) is 0 Å². The van der Waals surface area contributed by atoms with E-state index in [1.807, 2.05) is 26.0 Å². The van der Waals surface area contributed by atoms with Gasteiger partial charge >= 0.3 is 0 Å². The lowest BCUT2D eigenvalue weighted by Gasteiger charge is -2.12. The highest BCUT2D eigenvalue weighted by Gasteiger charge is 2.11. The second-order valence-corrected chi connectivity index (χ2v) is 5.53. The van der Waals surface area contributed by atoms with Crippen LogP contribution in [0.5, 0.6) is 0 Å². The van der Waals surface area contributed by atoms with Crippen LogP contribution in [0.15, 0.2) is 34.9 Å². The van der Waals surface area contributed by atoms with E-state index in [0.717, 1.165) is 12.1 Å². The Morgan fingerprint density at radius 1 is 1.36 bits per heavy atom. The van der Waals surface area contributed by atoms with Crippen molar-refractivity contribution in [3.8, 4) is 11.5 Å². The number of likely N-dealkylation sites (N-methyl/N-ethyl adjacent to an activating group) is 1. The lowest BCUT2D eigenvalue weighted by atomic mass is 10.2. The lowest BCUT2D eigenvalue weighted by Crippen LogP contribution is -2.39. The molecule has 5 nitrogen and oxygen atoms in total. The minimum Gasteiger partial charge on any atom is -0.444 e. The quantitative estimate of drug-likeness (QED) is 0.822. The molecule has 0 aliphatic carbocycles. The Morgan fingerprint density at radius 3 is 2.77 bits per heavy atom. The number of oxazole rings is 1. The Kier molecular flexibility index (Phi) is 5.98. The lowest BCUT2D eigenvalue weighted by molar-refractivity contribution is -0.120. The Labute approximate surface area is 135 Å². The molecule has 0 saturated carbocycles. The highest BCUT2D eigenvalue weighted by molar-refractivity contribution is 6.30. The molecule has 6 heteroatoms. The summed E-state index contributed by atoms with van der Waals surface area (Å²) in [4.78, 5) is 16.2. The summed E-state index contributed by atoms with van der Waals surface area (Å²) in [7, 11) is 0. The van der Waals surface area contributed by atoms with Crippen molar-refractivity contribution in [2.75, 3.05) is 13.1 Å². The maximum absolute atomic E-state index is 11.9. The van der Waals surface area contributed by atoms with E-state index in [4.69, 9.17) is 16.0 Å². The predicted octanol–water partition coefficient (Wildman–Crippen LogP) is 2.65. The molecule has 22 heavy (non-hydrogen) atoms. The van der Waals surface area contributed by atoms with Crippen LogP contribution >= 0.6 is 11.6 Å². The first-order valence-electron chi connectivity index (χ1n) is 7.29. The van der Waals surface area contributed by atoms with Crippen LogP contribution in [-0.2, 0) is 11.2 Å². The van der Waals surface area contributed by atoms with E-state index < -0.39 is 0 Å². The Morgan fingerprint density at radius 2 is 2.09 bits per heavy atom. The molecule has 2 N–H and O–H groups in total. The van der Waals surface area contributed by atoms with E-state index in [1.165, 1.54) is 6.26 Å². The number of aromatic nitrogens is 1. The van der Waals surface area contributed by atoms with Crippen LogP contribution in [0.1, 0.15) is 19.5 Å². The molecule has 0 fully saturated rings. The average Bonchev–Trinajstić information content (AvgIpc) is 2.95. The minimum atomic E-state index is -0.0688. The molecule has 0 unspecified atom stereocenters. The minimum absolute atomic E-state index is 0.0688. The number of hydrogen-bond acceptors (Lipinski definition) is 4. The topological polar surface area (TPSA) is 67.2 Å². The third-order valence-electron chi connectivity index (χ3n) is 3.14. The van der Waals surface area contributed by atoms with Gasteiger partial charge < -0.3 is 15.1 Å². The molecular weight excluding hydrogens is 302 g/mol. The molecule has 0 bridgehead atoms. The number of nitrogens with zero attached hydrogens (tertiary/aromatic N) is 1. The van der Waals surface area contributed by atoms with Crippen molar-refractivity contribution < 1.29 is 9.21 Å². The Hall–Kier alpha value is -1.85. The zero-order valence-corrected chi connectivity index (χ0v) is 13.5. The Bertz CT molecular complexity index is 610. The van der Waals surface area contributed by atoms with E-state index in [9.17, 15) is 4.79 Å².